The van der Waals surface area contributed by atoms with Gasteiger partial charge in [-0.2, -0.15) is 0 Å². The first-order valence-corrected chi connectivity index (χ1v) is 12.1. The highest BCUT2D eigenvalue weighted by Gasteiger charge is 2.19. The van der Waals surface area contributed by atoms with Crippen molar-refractivity contribution >= 4 is 49.7 Å². The van der Waals surface area contributed by atoms with Crippen molar-refractivity contribution in [3.05, 3.63) is 70.7 Å². The van der Waals surface area contributed by atoms with Crippen molar-refractivity contribution in [2.24, 2.45) is 0 Å². The summed E-state index contributed by atoms with van der Waals surface area (Å²) in [7, 11) is -3.48. The Morgan fingerprint density at radius 2 is 1.80 bits per heavy atom. The van der Waals surface area contributed by atoms with Gasteiger partial charge >= 0.3 is 0 Å². The summed E-state index contributed by atoms with van der Waals surface area (Å²) < 4.78 is 25.7. The number of rotatable bonds is 7. The van der Waals surface area contributed by atoms with Crippen molar-refractivity contribution in [3.63, 3.8) is 0 Å². The molecule has 5 nitrogen and oxygen atoms in total. The molecular formula is C23H23ClN2O3S. The van der Waals surface area contributed by atoms with E-state index in [2.05, 4.69) is 17.4 Å². The summed E-state index contributed by atoms with van der Waals surface area (Å²) in [5.41, 5.74) is 3.95. The summed E-state index contributed by atoms with van der Waals surface area (Å²) in [6, 6.07) is 16.9. The normalized spacial score (nSPS) is 12.9. The number of sulfonamides is 1. The second kappa shape index (κ2) is 8.28. The van der Waals surface area contributed by atoms with E-state index in [0.29, 0.717) is 17.1 Å². The van der Waals surface area contributed by atoms with Gasteiger partial charge in [-0.25, -0.2) is 8.42 Å². The topological polar surface area (TPSA) is 66.5 Å². The number of halogens is 1. The summed E-state index contributed by atoms with van der Waals surface area (Å²) in [5, 5.41) is 5.78. The first-order valence-electron chi connectivity index (χ1n) is 9.89. The molecule has 0 aliphatic heterocycles. The summed E-state index contributed by atoms with van der Waals surface area (Å²) in [4.78, 5) is 12.6. The lowest BCUT2D eigenvalue weighted by atomic mass is 10.0. The number of aryl methyl sites for hydroxylation is 2. The molecular weight excluding hydrogens is 420 g/mol. The van der Waals surface area contributed by atoms with E-state index < -0.39 is 10.0 Å². The fraction of sp³-hybridized carbons (Fsp3) is 0.261. The number of anilines is 2. The third-order valence-electron chi connectivity index (χ3n) is 5.41. The van der Waals surface area contributed by atoms with Gasteiger partial charge in [0.1, 0.15) is 0 Å². The van der Waals surface area contributed by atoms with E-state index >= 15 is 0 Å². The van der Waals surface area contributed by atoms with Gasteiger partial charge in [-0.1, -0.05) is 41.9 Å². The van der Waals surface area contributed by atoms with Crippen LogP contribution in [0.15, 0.2) is 54.6 Å². The zero-order valence-electron chi connectivity index (χ0n) is 16.7. The third kappa shape index (κ3) is 4.30. The Bertz CT molecular complexity index is 1210. The first-order chi connectivity index (χ1) is 14.3. The molecule has 0 unspecified atom stereocenters. The predicted octanol–water partition coefficient (Wildman–Crippen LogP) is 4.78. The van der Waals surface area contributed by atoms with Crippen LogP contribution >= 0.6 is 11.6 Å². The molecule has 0 radical (unpaired) electrons. The summed E-state index contributed by atoms with van der Waals surface area (Å²) >= 11 is 6.00. The van der Waals surface area contributed by atoms with Crippen LogP contribution in [-0.4, -0.2) is 27.1 Å². The van der Waals surface area contributed by atoms with Crippen LogP contribution in [0, 0.1) is 0 Å². The van der Waals surface area contributed by atoms with Crippen LogP contribution in [0.25, 0.3) is 10.8 Å². The molecule has 0 saturated heterocycles. The number of hydrogen-bond donors (Lipinski definition) is 1. The maximum atomic E-state index is 12.6. The largest absolute Gasteiger partial charge is 0.326 e. The van der Waals surface area contributed by atoms with Gasteiger partial charge in [0, 0.05) is 29.1 Å². The van der Waals surface area contributed by atoms with Crippen molar-refractivity contribution in [1.29, 1.82) is 0 Å². The minimum Gasteiger partial charge on any atom is -0.326 e. The van der Waals surface area contributed by atoms with Crippen molar-refractivity contribution in [2.75, 3.05) is 22.4 Å². The molecule has 0 atom stereocenters. The number of carbonyl (C=O) groups is 1. The molecule has 3 aromatic carbocycles. The SMILES string of the molecule is CS(=O)(=O)N(CCCC(=O)Nc1ccc2c3c(cccc13)CC2)c1cccc(Cl)c1. The molecule has 3 aromatic rings. The van der Waals surface area contributed by atoms with E-state index in [0.717, 1.165) is 30.2 Å². The number of benzene rings is 3. The zero-order chi connectivity index (χ0) is 21.3. The summed E-state index contributed by atoms with van der Waals surface area (Å²) in [6.07, 6.45) is 3.84. The monoisotopic (exact) mass is 442 g/mol. The first kappa shape index (κ1) is 20.7. The molecule has 1 aliphatic carbocycles. The van der Waals surface area contributed by atoms with Gasteiger partial charge in [-0.05, 0) is 60.0 Å². The Hall–Kier alpha value is -2.57. The number of hydrogen-bond acceptors (Lipinski definition) is 3. The van der Waals surface area contributed by atoms with Crippen molar-refractivity contribution in [3.8, 4) is 0 Å². The average molecular weight is 443 g/mol. The van der Waals surface area contributed by atoms with E-state index in [1.54, 1.807) is 24.3 Å². The number of amides is 1. The number of nitrogens with zero attached hydrogens (tertiary/aromatic N) is 1. The van der Waals surface area contributed by atoms with Crippen LogP contribution in [0.4, 0.5) is 11.4 Å². The van der Waals surface area contributed by atoms with E-state index in [9.17, 15) is 13.2 Å². The molecule has 1 N–H and O–H groups in total. The Morgan fingerprint density at radius 1 is 1.07 bits per heavy atom. The third-order valence-corrected chi connectivity index (χ3v) is 6.84. The number of carbonyl (C=O) groups excluding carboxylic acids is 1. The van der Waals surface area contributed by atoms with Gasteiger partial charge < -0.3 is 5.32 Å². The smallest absolute Gasteiger partial charge is 0.232 e. The Balaban J connectivity index is 1.43. The van der Waals surface area contributed by atoms with Gasteiger partial charge in [-0.15, -0.1) is 0 Å². The minimum absolute atomic E-state index is 0.131. The van der Waals surface area contributed by atoms with Gasteiger partial charge in [-0.3, -0.25) is 9.10 Å². The van der Waals surface area contributed by atoms with E-state index in [-0.39, 0.29) is 18.9 Å². The molecule has 0 bridgehead atoms. The number of nitrogens with one attached hydrogen (secondary N) is 1. The van der Waals surface area contributed by atoms with Gasteiger partial charge in [0.25, 0.3) is 0 Å². The van der Waals surface area contributed by atoms with E-state index in [4.69, 9.17) is 11.6 Å². The van der Waals surface area contributed by atoms with Crippen LogP contribution in [0.2, 0.25) is 5.02 Å². The van der Waals surface area contributed by atoms with Gasteiger partial charge in [0.2, 0.25) is 15.9 Å². The lowest BCUT2D eigenvalue weighted by molar-refractivity contribution is -0.116. The standard InChI is InChI=1S/C23H23ClN2O3S/c1-30(28,29)26(19-7-3-6-18(24)15-19)14-4-9-22(27)25-21-13-12-17-11-10-16-5-2-8-20(21)23(16)17/h2-3,5-8,12-13,15H,4,9-11,14H2,1H3,(H,25,27). The quantitative estimate of drug-likeness (QED) is 0.572. The van der Waals surface area contributed by atoms with E-state index in [1.165, 1.54) is 20.8 Å². The van der Waals surface area contributed by atoms with E-state index in [1.807, 2.05) is 18.2 Å². The van der Waals surface area contributed by atoms with Crippen LogP contribution in [0.1, 0.15) is 24.0 Å². The average Bonchev–Trinajstić information content (AvgIpc) is 3.11. The molecule has 0 fully saturated rings. The van der Waals surface area contributed by atoms with Crippen molar-refractivity contribution < 1.29 is 13.2 Å². The van der Waals surface area contributed by atoms with Crippen molar-refractivity contribution in [1.82, 2.24) is 0 Å². The molecule has 0 saturated carbocycles. The second-order valence-corrected chi connectivity index (χ2v) is 9.92. The lowest BCUT2D eigenvalue weighted by Gasteiger charge is -2.22. The van der Waals surface area contributed by atoms with Crippen molar-refractivity contribution in [2.45, 2.75) is 25.7 Å². The second-order valence-electron chi connectivity index (χ2n) is 7.58. The van der Waals surface area contributed by atoms with Crippen LogP contribution in [-0.2, 0) is 27.7 Å². The summed E-state index contributed by atoms with van der Waals surface area (Å²) in [5.74, 6) is -0.131. The molecule has 7 heteroatoms. The highest BCUT2D eigenvalue weighted by Crippen LogP contribution is 2.35. The molecule has 0 aromatic heterocycles. The molecule has 0 heterocycles. The molecule has 30 heavy (non-hydrogen) atoms. The molecule has 1 amide bonds. The lowest BCUT2D eigenvalue weighted by Crippen LogP contribution is -2.31. The summed E-state index contributed by atoms with van der Waals surface area (Å²) in [6.45, 7) is 0.205. The highest BCUT2D eigenvalue weighted by atomic mass is 35.5. The fourth-order valence-corrected chi connectivity index (χ4v) is 5.21. The van der Waals surface area contributed by atoms with Gasteiger partial charge in [0.05, 0.1) is 11.9 Å². The Morgan fingerprint density at radius 3 is 2.53 bits per heavy atom. The van der Waals surface area contributed by atoms with Crippen LogP contribution < -0.4 is 9.62 Å². The Kier molecular flexibility index (Phi) is 5.71. The predicted molar refractivity (Wildman–Crippen MR) is 123 cm³/mol. The highest BCUT2D eigenvalue weighted by molar-refractivity contribution is 7.92. The van der Waals surface area contributed by atoms with Crippen LogP contribution in [0.3, 0.4) is 0 Å². The molecule has 0 spiro atoms. The maximum Gasteiger partial charge on any atom is 0.232 e. The maximum absolute atomic E-state index is 12.6. The molecule has 156 valence electrons. The fourth-order valence-electron chi connectivity index (χ4n) is 4.07. The molecule has 4 rings (SSSR count). The van der Waals surface area contributed by atoms with Crippen LogP contribution in [0.5, 0.6) is 0 Å². The minimum atomic E-state index is -3.48. The zero-order valence-corrected chi connectivity index (χ0v) is 18.3. The van der Waals surface area contributed by atoms with Gasteiger partial charge in [0.15, 0.2) is 0 Å². The Labute approximate surface area is 181 Å². The molecule has 1 aliphatic rings.